The van der Waals surface area contributed by atoms with Crippen LogP contribution in [0.15, 0.2) is 34.4 Å². The standard InChI is InChI=1S/C21H24N4O2S/c1-4-5-15-6-8-16(9-7-15)18-12-28-21(24-18)25-19(26)11-10-17-13(2)22-14(3)23-20(17)27/h6-9,12H,4-5,10-11H2,1-3H3,(H,22,23,27)(H,24,25,26). The molecule has 2 heterocycles. The van der Waals surface area contributed by atoms with Gasteiger partial charge in [0, 0.05) is 28.6 Å². The van der Waals surface area contributed by atoms with Gasteiger partial charge in [-0.15, -0.1) is 11.3 Å². The number of rotatable bonds is 7. The Morgan fingerprint density at radius 3 is 2.57 bits per heavy atom. The molecule has 28 heavy (non-hydrogen) atoms. The second-order valence-corrected chi connectivity index (χ2v) is 7.61. The highest BCUT2D eigenvalue weighted by Gasteiger charge is 2.12. The van der Waals surface area contributed by atoms with E-state index in [1.54, 1.807) is 13.8 Å². The number of aromatic amines is 1. The number of benzene rings is 1. The summed E-state index contributed by atoms with van der Waals surface area (Å²) < 4.78 is 0. The number of nitrogens with one attached hydrogen (secondary N) is 2. The molecule has 6 nitrogen and oxygen atoms in total. The fourth-order valence-electron chi connectivity index (χ4n) is 3.06. The monoisotopic (exact) mass is 396 g/mol. The summed E-state index contributed by atoms with van der Waals surface area (Å²) in [5.41, 5.74) is 4.22. The van der Waals surface area contributed by atoms with E-state index in [2.05, 4.69) is 51.5 Å². The van der Waals surface area contributed by atoms with Crippen LogP contribution in [0.5, 0.6) is 0 Å². The Bertz CT molecular complexity index is 1020. The van der Waals surface area contributed by atoms with E-state index in [0.717, 1.165) is 24.1 Å². The summed E-state index contributed by atoms with van der Waals surface area (Å²) in [7, 11) is 0. The molecule has 0 saturated carbocycles. The molecule has 1 amide bonds. The SMILES string of the molecule is CCCc1ccc(-c2csc(NC(=O)CCc3c(C)nc(C)[nH]c3=O)n2)cc1. The zero-order valence-electron chi connectivity index (χ0n) is 16.3. The first-order valence-corrected chi connectivity index (χ1v) is 10.2. The minimum atomic E-state index is -0.180. The van der Waals surface area contributed by atoms with Gasteiger partial charge in [-0.25, -0.2) is 9.97 Å². The van der Waals surface area contributed by atoms with Crippen LogP contribution in [0.4, 0.5) is 5.13 Å². The quantitative estimate of drug-likeness (QED) is 0.631. The minimum Gasteiger partial charge on any atom is -0.311 e. The highest BCUT2D eigenvalue weighted by Crippen LogP contribution is 2.25. The van der Waals surface area contributed by atoms with Gasteiger partial charge in [0.05, 0.1) is 5.69 Å². The van der Waals surface area contributed by atoms with Crippen molar-refractivity contribution in [2.24, 2.45) is 0 Å². The molecule has 0 spiro atoms. The third kappa shape index (κ3) is 4.92. The Morgan fingerprint density at radius 1 is 1.14 bits per heavy atom. The number of aryl methyl sites for hydroxylation is 3. The molecule has 0 fully saturated rings. The van der Waals surface area contributed by atoms with Crippen LogP contribution in [0.2, 0.25) is 0 Å². The molecule has 3 rings (SSSR count). The molecule has 0 bridgehead atoms. The molecule has 0 radical (unpaired) electrons. The number of hydrogen-bond acceptors (Lipinski definition) is 5. The lowest BCUT2D eigenvalue weighted by atomic mass is 10.1. The van der Waals surface area contributed by atoms with Crippen molar-refractivity contribution in [2.45, 2.75) is 46.5 Å². The average molecular weight is 397 g/mol. The molecular weight excluding hydrogens is 372 g/mol. The molecule has 0 unspecified atom stereocenters. The second-order valence-electron chi connectivity index (χ2n) is 6.75. The van der Waals surface area contributed by atoms with Gasteiger partial charge >= 0.3 is 0 Å². The van der Waals surface area contributed by atoms with E-state index in [9.17, 15) is 9.59 Å². The molecule has 146 valence electrons. The molecule has 0 aliphatic carbocycles. The summed E-state index contributed by atoms with van der Waals surface area (Å²) in [4.78, 5) is 35.7. The van der Waals surface area contributed by atoms with Crippen LogP contribution in [0, 0.1) is 13.8 Å². The molecule has 3 aromatic rings. The van der Waals surface area contributed by atoms with Crippen LogP contribution in [-0.4, -0.2) is 20.9 Å². The van der Waals surface area contributed by atoms with E-state index in [1.807, 2.05) is 5.38 Å². The number of anilines is 1. The number of aromatic nitrogens is 3. The first-order chi connectivity index (χ1) is 13.5. The largest absolute Gasteiger partial charge is 0.311 e. The number of carbonyl (C=O) groups excluding carboxylic acids is 1. The Balaban J connectivity index is 1.60. The molecule has 2 N–H and O–H groups in total. The van der Waals surface area contributed by atoms with Gasteiger partial charge in [-0.1, -0.05) is 37.6 Å². The zero-order valence-corrected chi connectivity index (χ0v) is 17.2. The number of amides is 1. The lowest BCUT2D eigenvalue weighted by molar-refractivity contribution is -0.116. The Labute approximate surface area is 168 Å². The van der Waals surface area contributed by atoms with Crippen LogP contribution < -0.4 is 10.9 Å². The smallest absolute Gasteiger partial charge is 0.254 e. The summed E-state index contributed by atoms with van der Waals surface area (Å²) in [6.07, 6.45) is 2.74. The van der Waals surface area contributed by atoms with E-state index in [4.69, 9.17) is 0 Å². The Kier molecular flexibility index (Phi) is 6.36. The van der Waals surface area contributed by atoms with Crippen LogP contribution in [0.1, 0.15) is 42.4 Å². The molecule has 7 heteroatoms. The fourth-order valence-corrected chi connectivity index (χ4v) is 3.80. The molecule has 0 aliphatic heterocycles. The first kappa shape index (κ1) is 19.9. The van der Waals surface area contributed by atoms with Gasteiger partial charge in [0.25, 0.3) is 5.56 Å². The molecular formula is C21H24N4O2S. The van der Waals surface area contributed by atoms with Crippen molar-refractivity contribution < 1.29 is 4.79 Å². The van der Waals surface area contributed by atoms with Crippen molar-refractivity contribution in [3.05, 3.63) is 62.6 Å². The van der Waals surface area contributed by atoms with Gasteiger partial charge in [0.1, 0.15) is 5.82 Å². The minimum absolute atomic E-state index is 0.168. The summed E-state index contributed by atoms with van der Waals surface area (Å²) in [5.74, 6) is 0.410. The van der Waals surface area contributed by atoms with Crippen molar-refractivity contribution >= 4 is 22.4 Å². The van der Waals surface area contributed by atoms with Gasteiger partial charge in [-0.3, -0.25) is 9.59 Å². The summed E-state index contributed by atoms with van der Waals surface area (Å²) in [6, 6.07) is 8.36. The molecule has 0 atom stereocenters. The maximum absolute atomic E-state index is 12.3. The lowest BCUT2D eigenvalue weighted by Crippen LogP contribution is -2.20. The first-order valence-electron chi connectivity index (χ1n) is 9.37. The maximum atomic E-state index is 12.3. The van der Waals surface area contributed by atoms with E-state index < -0.39 is 0 Å². The van der Waals surface area contributed by atoms with Crippen LogP contribution >= 0.6 is 11.3 Å². The predicted molar refractivity (Wildman–Crippen MR) is 113 cm³/mol. The molecule has 2 aromatic heterocycles. The van der Waals surface area contributed by atoms with Gasteiger partial charge < -0.3 is 10.3 Å². The Morgan fingerprint density at radius 2 is 1.89 bits per heavy atom. The van der Waals surface area contributed by atoms with Crippen LogP contribution in [-0.2, 0) is 17.6 Å². The van der Waals surface area contributed by atoms with Crippen molar-refractivity contribution in [3.63, 3.8) is 0 Å². The number of nitrogens with zero attached hydrogens (tertiary/aromatic N) is 2. The summed E-state index contributed by atoms with van der Waals surface area (Å²) >= 11 is 1.39. The Hall–Kier alpha value is -2.80. The van der Waals surface area contributed by atoms with Gasteiger partial charge in [-0.05, 0) is 32.3 Å². The number of thiazole rings is 1. The highest BCUT2D eigenvalue weighted by molar-refractivity contribution is 7.14. The molecule has 1 aromatic carbocycles. The zero-order chi connectivity index (χ0) is 20.1. The molecule has 0 saturated heterocycles. The van der Waals surface area contributed by atoms with Gasteiger partial charge in [-0.2, -0.15) is 0 Å². The van der Waals surface area contributed by atoms with E-state index >= 15 is 0 Å². The van der Waals surface area contributed by atoms with Gasteiger partial charge in [0.15, 0.2) is 5.13 Å². The van der Waals surface area contributed by atoms with Crippen LogP contribution in [0.3, 0.4) is 0 Å². The third-order valence-corrected chi connectivity index (χ3v) is 5.24. The lowest BCUT2D eigenvalue weighted by Gasteiger charge is -2.05. The van der Waals surface area contributed by atoms with E-state index in [0.29, 0.717) is 28.6 Å². The number of carbonyl (C=O) groups is 1. The number of H-pyrrole nitrogens is 1. The van der Waals surface area contributed by atoms with Crippen molar-refractivity contribution in [1.29, 1.82) is 0 Å². The highest BCUT2D eigenvalue weighted by atomic mass is 32.1. The summed E-state index contributed by atoms with van der Waals surface area (Å²) in [6.45, 7) is 5.69. The molecule has 0 aliphatic rings. The second kappa shape index (κ2) is 8.93. The van der Waals surface area contributed by atoms with E-state index in [1.165, 1.54) is 16.9 Å². The van der Waals surface area contributed by atoms with Crippen molar-refractivity contribution in [3.8, 4) is 11.3 Å². The van der Waals surface area contributed by atoms with Crippen molar-refractivity contribution in [1.82, 2.24) is 15.0 Å². The third-order valence-electron chi connectivity index (χ3n) is 4.48. The normalized spacial score (nSPS) is 10.8. The average Bonchev–Trinajstić information content (AvgIpc) is 3.10. The van der Waals surface area contributed by atoms with Crippen LogP contribution in [0.25, 0.3) is 11.3 Å². The summed E-state index contributed by atoms with van der Waals surface area (Å²) in [5, 5.41) is 5.31. The predicted octanol–water partition coefficient (Wildman–Crippen LogP) is 4.03. The fraction of sp³-hybridized carbons (Fsp3) is 0.333. The van der Waals surface area contributed by atoms with Gasteiger partial charge in [0.2, 0.25) is 5.91 Å². The topological polar surface area (TPSA) is 87.7 Å². The number of hydrogen-bond donors (Lipinski definition) is 2. The maximum Gasteiger partial charge on any atom is 0.254 e. The van der Waals surface area contributed by atoms with E-state index in [-0.39, 0.29) is 17.9 Å². The van der Waals surface area contributed by atoms with Crippen molar-refractivity contribution in [2.75, 3.05) is 5.32 Å².